The average molecular weight is 276 g/mol. The standard InChI is InChI=1S/C16H23F3/c1-14(2,3)10-11-7-8-12(16(17,18)19)9-13(11)15(4,5)6/h7-9H,10H2,1-6H3/i8D,9D,10D2. The predicted octanol–water partition coefficient (Wildman–Crippen LogP) is 5.59. The van der Waals surface area contributed by atoms with Gasteiger partial charge in [-0.2, -0.15) is 13.2 Å². The first kappa shape index (κ1) is 10.8. The van der Waals surface area contributed by atoms with Gasteiger partial charge in [0.05, 0.1) is 8.30 Å². The van der Waals surface area contributed by atoms with Crippen molar-refractivity contribution in [3.63, 3.8) is 0 Å². The van der Waals surface area contributed by atoms with Crippen LogP contribution in [0.5, 0.6) is 0 Å². The number of alkyl halides is 3. The van der Waals surface area contributed by atoms with Crippen LogP contribution < -0.4 is 0 Å². The first-order valence-electron chi connectivity index (χ1n) is 8.14. The number of rotatable bonds is 1. The summed E-state index contributed by atoms with van der Waals surface area (Å²) in [7, 11) is 0. The Labute approximate surface area is 119 Å². The third kappa shape index (κ3) is 4.55. The third-order valence-electron chi connectivity index (χ3n) is 2.42. The summed E-state index contributed by atoms with van der Waals surface area (Å²) in [6.07, 6.45) is -6.80. The van der Waals surface area contributed by atoms with Crippen LogP contribution in [0.2, 0.25) is 0 Å². The highest BCUT2D eigenvalue weighted by atomic mass is 19.4. The monoisotopic (exact) mass is 276 g/mol. The molecule has 0 aliphatic heterocycles. The van der Waals surface area contributed by atoms with Crippen molar-refractivity contribution in [1.29, 1.82) is 0 Å². The normalized spacial score (nSPS) is 17.5. The van der Waals surface area contributed by atoms with Crippen LogP contribution in [0.25, 0.3) is 0 Å². The Morgan fingerprint density at radius 3 is 2.00 bits per heavy atom. The summed E-state index contributed by atoms with van der Waals surface area (Å²) in [5.74, 6) is 0. The van der Waals surface area contributed by atoms with E-state index in [4.69, 9.17) is 5.48 Å². The van der Waals surface area contributed by atoms with E-state index in [1.165, 1.54) is 0 Å². The van der Waals surface area contributed by atoms with E-state index in [1.54, 1.807) is 41.5 Å². The van der Waals surface area contributed by atoms with Gasteiger partial charge in [-0.05, 0) is 40.4 Å². The predicted molar refractivity (Wildman–Crippen MR) is 73.3 cm³/mol. The highest BCUT2D eigenvalue weighted by molar-refractivity contribution is 5.38. The van der Waals surface area contributed by atoms with Gasteiger partial charge in [0.2, 0.25) is 0 Å². The molecule has 0 radical (unpaired) electrons. The summed E-state index contributed by atoms with van der Waals surface area (Å²) in [5, 5.41) is 0. The average Bonchev–Trinajstić information content (AvgIpc) is 2.21. The Hall–Kier alpha value is -0.990. The van der Waals surface area contributed by atoms with E-state index in [0.717, 1.165) is 6.07 Å². The molecular formula is C16H23F3. The van der Waals surface area contributed by atoms with Gasteiger partial charge in [-0.3, -0.25) is 0 Å². The van der Waals surface area contributed by atoms with Crippen molar-refractivity contribution in [1.82, 2.24) is 0 Å². The van der Waals surface area contributed by atoms with Gasteiger partial charge in [-0.15, -0.1) is 0 Å². The van der Waals surface area contributed by atoms with E-state index >= 15 is 0 Å². The summed E-state index contributed by atoms with van der Waals surface area (Å²) < 4.78 is 72.1. The Balaban J connectivity index is 3.96. The Bertz CT molecular complexity index is 606. The zero-order chi connectivity index (χ0) is 18.6. The topological polar surface area (TPSA) is 0 Å². The summed E-state index contributed by atoms with van der Waals surface area (Å²) in [6, 6.07) is -0.730. The fourth-order valence-electron chi connectivity index (χ4n) is 1.69. The molecule has 0 fully saturated rings. The summed E-state index contributed by atoms with van der Waals surface area (Å²) in [5.41, 5.74) is -3.08. The molecular weight excluding hydrogens is 249 g/mol. The van der Waals surface area contributed by atoms with E-state index in [2.05, 4.69) is 0 Å². The van der Waals surface area contributed by atoms with Gasteiger partial charge in [-0.1, -0.05) is 47.6 Å². The quantitative estimate of drug-likeness (QED) is 0.627. The molecule has 0 bridgehead atoms. The van der Waals surface area contributed by atoms with Crippen molar-refractivity contribution in [2.45, 2.75) is 59.5 Å². The van der Waals surface area contributed by atoms with Gasteiger partial charge in [0.1, 0.15) is 0 Å². The van der Waals surface area contributed by atoms with Crippen molar-refractivity contribution in [3.8, 4) is 0 Å². The summed E-state index contributed by atoms with van der Waals surface area (Å²) in [4.78, 5) is 0. The fourth-order valence-corrected chi connectivity index (χ4v) is 1.69. The van der Waals surface area contributed by atoms with Crippen LogP contribution >= 0.6 is 0 Å². The molecule has 0 aromatic heterocycles. The van der Waals surface area contributed by atoms with Crippen molar-refractivity contribution in [3.05, 3.63) is 34.8 Å². The smallest absolute Gasteiger partial charge is 0.166 e. The number of hydrogen-bond donors (Lipinski definition) is 0. The summed E-state index contributed by atoms with van der Waals surface area (Å²) >= 11 is 0. The Kier molecular flexibility index (Phi) is 2.74. The first-order valence-corrected chi connectivity index (χ1v) is 6.14. The van der Waals surface area contributed by atoms with Crippen LogP contribution in [-0.4, -0.2) is 0 Å². The van der Waals surface area contributed by atoms with Gasteiger partial charge >= 0.3 is 6.18 Å². The number of halogens is 3. The van der Waals surface area contributed by atoms with Crippen LogP contribution in [0, 0.1) is 5.41 Å². The Morgan fingerprint density at radius 1 is 1.11 bits per heavy atom. The van der Waals surface area contributed by atoms with E-state index in [1.807, 2.05) is 0 Å². The molecule has 0 saturated heterocycles. The van der Waals surface area contributed by atoms with Gasteiger partial charge in [0.25, 0.3) is 0 Å². The maximum absolute atomic E-state index is 13.2. The maximum Gasteiger partial charge on any atom is 0.416 e. The molecule has 19 heavy (non-hydrogen) atoms. The van der Waals surface area contributed by atoms with Crippen molar-refractivity contribution < 1.29 is 18.7 Å². The van der Waals surface area contributed by atoms with Crippen LogP contribution in [0.1, 0.15) is 63.7 Å². The minimum Gasteiger partial charge on any atom is -0.166 e. The van der Waals surface area contributed by atoms with Gasteiger partial charge in [-0.25, -0.2) is 0 Å². The largest absolute Gasteiger partial charge is 0.416 e. The SMILES string of the molecule is [2H]c1cc(C([2H])([2H])C(C)(C)C)c(C(C)(C)C)c([2H])c1C(F)(F)F. The van der Waals surface area contributed by atoms with Gasteiger partial charge in [0.15, 0.2) is 0 Å². The zero-order valence-corrected chi connectivity index (χ0v) is 12.2. The molecule has 0 aliphatic rings. The van der Waals surface area contributed by atoms with Crippen LogP contribution in [-0.2, 0) is 18.0 Å². The van der Waals surface area contributed by atoms with E-state index in [0.29, 0.717) is 0 Å². The lowest BCUT2D eigenvalue weighted by Gasteiger charge is -2.28. The number of benzene rings is 1. The second-order valence-corrected chi connectivity index (χ2v) is 6.70. The fraction of sp³-hybridized carbons (Fsp3) is 0.625. The lowest BCUT2D eigenvalue weighted by atomic mass is 9.78. The molecule has 3 heteroatoms. The summed E-state index contributed by atoms with van der Waals surface area (Å²) in [6.45, 7) is 9.87. The van der Waals surface area contributed by atoms with Crippen LogP contribution in [0.15, 0.2) is 18.2 Å². The van der Waals surface area contributed by atoms with E-state index in [9.17, 15) is 13.2 Å². The minimum absolute atomic E-state index is 0.000694. The van der Waals surface area contributed by atoms with Crippen molar-refractivity contribution >= 4 is 0 Å². The molecule has 1 rings (SSSR count). The molecule has 0 unspecified atom stereocenters. The van der Waals surface area contributed by atoms with E-state index in [-0.39, 0.29) is 11.1 Å². The molecule has 0 amide bonds. The minimum atomic E-state index is -4.82. The molecule has 1 aromatic rings. The van der Waals surface area contributed by atoms with Crippen LogP contribution in [0.3, 0.4) is 0 Å². The molecule has 0 nitrogen and oxygen atoms in total. The Morgan fingerprint density at radius 2 is 1.63 bits per heavy atom. The molecule has 108 valence electrons. The molecule has 0 atom stereocenters. The zero-order valence-electron chi connectivity index (χ0n) is 16.2. The molecule has 0 aliphatic carbocycles. The maximum atomic E-state index is 13.2. The van der Waals surface area contributed by atoms with Crippen LogP contribution in [0.4, 0.5) is 13.2 Å². The van der Waals surface area contributed by atoms with Gasteiger partial charge in [0, 0.05) is 2.74 Å². The van der Waals surface area contributed by atoms with Gasteiger partial charge < -0.3 is 0 Å². The van der Waals surface area contributed by atoms with Crippen molar-refractivity contribution in [2.24, 2.45) is 5.41 Å². The highest BCUT2D eigenvalue weighted by Crippen LogP contribution is 2.36. The molecule has 1 aromatic carbocycles. The lowest BCUT2D eigenvalue weighted by molar-refractivity contribution is -0.137. The molecule has 0 spiro atoms. The first-order chi connectivity index (χ1) is 9.92. The molecule has 0 heterocycles. The lowest BCUT2D eigenvalue weighted by Crippen LogP contribution is -2.20. The second kappa shape index (κ2) is 4.84. The number of hydrogen-bond acceptors (Lipinski definition) is 0. The van der Waals surface area contributed by atoms with E-state index < -0.39 is 41.0 Å². The molecule has 0 saturated carbocycles. The third-order valence-corrected chi connectivity index (χ3v) is 2.42. The van der Waals surface area contributed by atoms with Crippen molar-refractivity contribution in [2.75, 3.05) is 0 Å². The second-order valence-electron chi connectivity index (χ2n) is 6.70. The molecule has 0 N–H and O–H groups in total. The highest BCUT2D eigenvalue weighted by Gasteiger charge is 2.32.